The largest absolute Gasteiger partial charge is 0.480 e. The van der Waals surface area contributed by atoms with Crippen molar-refractivity contribution in [3.63, 3.8) is 0 Å². The highest BCUT2D eigenvalue weighted by atomic mass is 32.2. The van der Waals surface area contributed by atoms with Crippen LogP contribution in [0.3, 0.4) is 0 Å². The first-order chi connectivity index (χ1) is 5.78. The lowest BCUT2D eigenvalue weighted by Gasteiger charge is -2.28. The van der Waals surface area contributed by atoms with Crippen LogP contribution in [0.1, 0.15) is 13.8 Å². The summed E-state index contributed by atoms with van der Waals surface area (Å²) in [6.07, 6.45) is 0. The summed E-state index contributed by atoms with van der Waals surface area (Å²) in [4.78, 5) is 10.8. The molecule has 0 spiro atoms. The molecular weight excluding hydrogens is 196 g/mol. The number of nitrogens with zero attached hydrogens (tertiary/aromatic N) is 1. The molecule has 1 aliphatic heterocycles. The predicted octanol–water partition coefficient (Wildman–Crippen LogP) is -1.00. The number of carbonyl (C=O) groups is 1. The van der Waals surface area contributed by atoms with E-state index in [4.69, 9.17) is 5.11 Å². The monoisotopic (exact) mass is 208 g/mol. The Morgan fingerprint density at radius 2 is 2.08 bits per heavy atom. The molecule has 0 radical (unpaired) electrons. The first kappa shape index (κ1) is 10.4. The Balaban J connectivity index is 3.02. The second-order valence-electron chi connectivity index (χ2n) is 3.34. The number of aliphatic carboxylic acids is 1. The minimum atomic E-state index is -3.59. The minimum Gasteiger partial charge on any atom is -0.480 e. The van der Waals surface area contributed by atoms with Gasteiger partial charge in [0.2, 0.25) is 0 Å². The van der Waals surface area contributed by atoms with Crippen LogP contribution in [0.25, 0.3) is 0 Å². The van der Waals surface area contributed by atoms with E-state index in [1.54, 1.807) is 0 Å². The zero-order valence-corrected chi connectivity index (χ0v) is 8.26. The van der Waals surface area contributed by atoms with Crippen molar-refractivity contribution in [2.75, 3.05) is 13.1 Å². The van der Waals surface area contributed by atoms with E-state index in [2.05, 4.69) is 4.72 Å². The van der Waals surface area contributed by atoms with Crippen LogP contribution >= 0.6 is 0 Å². The number of carboxylic acid groups (broad SMARTS) is 1. The van der Waals surface area contributed by atoms with Gasteiger partial charge >= 0.3 is 5.97 Å². The van der Waals surface area contributed by atoms with Crippen LogP contribution in [-0.2, 0) is 15.0 Å². The van der Waals surface area contributed by atoms with Gasteiger partial charge in [0.05, 0.1) is 0 Å². The van der Waals surface area contributed by atoms with Crippen LogP contribution in [0.4, 0.5) is 0 Å². The molecule has 0 aliphatic carbocycles. The maximum atomic E-state index is 11.3. The molecule has 0 aromatic heterocycles. The molecular formula is C6H12N2O4S. The van der Waals surface area contributed by atoms with Crippen LogP contribution in [0.15, 0.2) is 0 Å². The maximum Gasteiger partial charge on any atom is 0.324 e. The van der Waals surface area contributed by atoms with Gasteiger partial charge in [0, 0.05) is 13.1 Å². The molecule has 0 bridgehead atoms. The van der Waals surface area contributed by atoms with Crippen molar-refractivity contribution in [2.45, 2.75) is 19.4 Å². The molecule has 1 rings (SSSR count). The van der Waals surface area contributed by atoms with E-state index in [1.165, 1.54) is 13.8 Å². The predicted molar refractivity (Wildman–Crippen MR) is 45.3 cm³/mol. The molecule has 1 fully saturated rings. The van der Waals surface area contributed by atoms with Gasteiger partial charge in [-0.2, -0.15) is 12.7 Å². The van der Waals surface area contributed by atoms with E-state index in [1.807, 2.05) is 0 Å². The van der Waals surface area contributed by atoms with Crippen molar-refractivity contribution in [2.24, 2.45) is 0 Å². The van der Waals surface area contributed by atoms with Crippen LogP contribution in [-0.4, -0.2) is 42.4 Å². The van der Waals surface area contributed by atoms with Gasteiger partial charge in [-0.3, -0.25) is 4.79 Å². The lowest BCUT2D eigenvalue weighted by Crippen LogP contribution is -2.51. The average Bonchev–Trinajstić information content (AvgIpc) is 2.29. The van der Waals surface area contributed by atoms with Crippen molar-refractivity contribution in [1.29, 1.82) is 0 Å². The van der Waals surface area contributed by atoms with Gasteiger partial charge in [0.15, 0.2) is 0 Å². The van der Waals surface area contributed by atoms with Gasteiger partial charge in [-0.25, -0.2) is 4.72 Å². The number of hydrogen-bond acceptors (Lipinski definition) is 3. The second-order valence-corrected chi connectivity index (χ2v) is 5.02. The number of nitrogens with one attached hydrogen (secondary N) is 1. The molecule has 0 saturated carbocycles. The summed E-state index contributed by atoms with van der Waals surface area (Å²) in [6.45, 7) is 3.18. The van der Waals surface area contributed by atoms with Crippen molar-refractivity contribution in [3.05, 3.63) is 0 Å². The SMILES string of the molecule is CC(C)(C(=O)O)N1CCNS1(=O)=O. The molecule has 0 aromatic carbocycles. The van der Waals surface area contributed by atoms with Gasteiger partial charge in [-0.15, -0.1) is 0 Å². The zero-order chi connectivity index (χ0) is 10.3. The van der Waals surface area contributed by atoms with E-state index >= 15 is 0 Å². The van der Waals surface area contributed by atoms with Crippen LogP contribution in [0, 0.1) is 0 Å². The summed E-state index contributed by atoms with van der Waals surface area (Å²) >= 11 is 0. The Kier molecular flexibility index (Phi) is 2.35. The molecule has 0 unspecified atom stereocenters. The summed E-state index contributed by atoms with van der Waals surface area (Å²) in [6, 6.07) is 0. The zero-order valence-electron chi connectivity index (χ0n) is 7.44. The quantitative estimate of drug-likeness (QED) is 0.609. The fourth-order valence-corrected chi connectivity index (χ4v) is 2.68. The molecule has 0 atom stereocenters. The molecule has 2 N–H and O–H groups in total. The molecule has 7 heteroatoms. The van der Waals surface area contributed by atoms with Crippen molar-refractivity contribution in [1.82, 2.24) is 9.03 Å². The lowest BCUT2D eigenvalue weighted by atomic mass is 10.1. The third-order valence-corrected chi connectivity index (χ3v) is 3.82. The molecule has 76 valence electrons. The van der Waals surface area contributed by atoms with E-state index in [0.29, 0.717) is 0 Å². The first-order valence-electron chi connectivity index (χ1n) is 3.79. The second kappa shape index (κ2) is 2.93. The van der Waals surface area contributed by atoms with E-state index in [9.17, 15) is 13.2 Å². The smallest absolute Gasteiger partial charge is 0.324 e. The number of rotatable bonds is 2. The molecule has 1 heterocycles. The summed E-state index contributed by atoms with van der Waals surface area (Å²) in [5, 5.41) is 8.80. The summed E-state index contributed by atoms with van der Waals surface area (Å²) in [7, 11) is -3.59. The Labute approximate surface area is 76.7 Å². The van der Waals surface area contributed by atoms with Crippen molar-refractivity contribution < 1.29 is 18.3 Å². The van der Waals surface area contributed by atoms with Gasteiger partial charge < -0.3 is 5.11 Å². The maximum absolute atomic E-state index is 11.3. The highest BCUT2D eigenvalue weighted by Crippen LogP contribution is 2.20. The molecule has 0 aromatic rings. The molecule has 13 heavy (non-hydrogen) atoms. The van der Waals surface area contributed by atoms with Gasteiger partial charge in [0.25, 0.3) is 10.2 Å². The fraction of sp³-hybridized carbons (Fsp3) is 0.833. The number of carboxylic acids is 1. The third kappa shape index (κ3) is 1.67. The molecule has 1 aliphatic rings. The molecule has 0 amide bonds. The summed E-state index contributed by atoms with van der Waals surface area (Å²) in [5.41, 5.74) is -1.39. The van der Waals surface area contributed by atoms with E-state index < -0.39 is 21.7 Å². The van der Waals surface area contributed by atoms with Crippen LogP contribution in [0.2, 0.25) is 0 Å². The van der Waals surface area contributed by atoms with E-state index in [-0.39, 0.29) is 13.1 Å². The van der Waals surface area contributed by atoms with Gasteiger partial charge in [-0.1, -0.05) is 0 Å². The highest BCUT2D eigenvalue weighted by molar-refractivity contribution is 7.87. The first-order valence-corrected chi connectivity index (χ1v) is 5.23. The standard InChI is InChI=1S/C6H12N2O4S/c1-6(2,5(9)10)8-4-3-7-13(8,11)12/h7H,3-4H2,1-2H3,(H,9,10). The molecule has 1 saturated heterocycles. The van der Waals surface area contributed by atoms with Crippen LogP contribution < -0.4 is 4.72 Å². The Morgan fingerprint density at radius 3 is 2.38 bits per heavy atom. The van der Waals surface area contributed by atoms with Gasteiger partial charge in [0.1, 0.15) is 5.54 Å². The lowest BCUT2D eigenvalue weighted by molar-refractivity contribution is -0.146. The van der Waals surface area contributed by atoms with Crippen LogP contribution in [0.5, 0.6) is 0 Å². The Hall–Kier alpha value is -0.660. The minimum absolute atomic E-state index is 0.196. The topological polar surface area (TPSA) is 86.7 Å². The molecule has 6 nitrogen and oxygen atoms in total. The van der Waals surface area contributed by atoms with Gasteiger partial charge in [-0.05, 0) is 13.8 Å². The Bertz CT molecular complexity index is 322. The normalized spacial score (nSPS) is 23.2. The average molecular weight is 208 g/mol. The fourth-order valence-electron chi connectivity index (χ4n) is 1.16. The summed E-state index contributed by atoms with van der Waals surface area (Å²) < 4.78 is 25.7. The van der Waals surface area contributed by atoms with E-state index in [0.717, 1.165) is 4.31 Å². The third-order valence-electron chi connectivity index (χ3n) is 2.04. The Morgan fingerprint density at radius 1 is 1.54 bits per heavy atom. The highest BCUT2D eigenvalue weighted by Gasteiger charge is 2.44. The summed E-state index contributed by atoms with van der Waals surface area (Å²) in [5.74, 6) is -1.15. The van der Waals surface area contributed by atoms with Crippen molar-refractivity contribution in [3.8, 4) is 0 Å². The number of hydrogen-bond donors (Lipinski definition) is 2. The van der Waals surface area contributed by atoms with Crippen molar-refractivity contribution >= 4 is 16.2 Å².